The molecule has 4 rings (SSSR count). The number of nitrogens with two attached hydrogens (primary N) is 1. The second kappa shape index (κ2) is 8.99. The van der Waals surface area contributed by atoms with Gasteiger partial charge < -0.3 is 10.8 Å². The number of benzene rings is 3. The largest absolute Gasteiger partial charge is 0.480 e. The number of carboxylic acids is 1. The Morgan fingerprint density at radius 2 is 1.64 bits per heavy atom. The van der Waals surface area contributed by atoms with Crippen molar-refractivity contribution in [2.45, 2.75) is 29.7 Å². The predicted molar refractivity (Wildman–Crippen MR) is 130 cm³/mol. The number of anilines is 1. The third-order valence-corrected chi connectivity index (χ3v) is 8.44. The Morgan fingerprint density at radius 3 is 2.21 bits per heavy atom. The summed E-state index contributed by atoms with van der Waals surface area (Å²) >= 11 is 12.3. The minimum absolute atomic E-state index is 0.0738. The molecule has 1 aliphatic rings. The number of carbonyl (C=O) groups is 1. The standard InChI is InChI=1S/C24H22Cl2N2O4S/c25-19-12-17(13-20(26)14-19)16-5-3-6-18(11-16)24(9-4-10-24)28(15-23(29)30)33(31,32)22-8-2-1-7-21(22)27/h1-3,5-8,11-14H,4,9-10,15,27H2,(H,29,30). The van der Waals surface area contributed by atoms with Gasteiger partial charge in [-0.15, -0.1) is 0 Å². The first kappa shape index (κ1) is 23.6. The van der Waals surface area contributed by atoms with E-state index in [1.165, 1.54) is 12.1 Å². The fourth-order valence-corrected chi connectivity index (χ4v) is 6.73. The third kappa shape index (κ3) is 4.46. The van der Waals surface area contributed by atoms with Gasteiger partial charge in [-0.25, -0.2) is 8.42 Å². The molecule has 0 radical (unpaired) electrons. The molecule has 0 bridgehead atoms. The van der Waals surface area contributed by atoms with Gasteiger partial charge in [-0.05, 0) is 72.4 Å². The lowest BCUT2D eigenvalue weighted by Crippen LogP contribution is -2.55. The van der Waals surface area contributed by atoms with Crippen LogP contribution in [-0.4, -0.2) is 30.3 Å². The molecule has 0 unspecified atom stereocenters. The van der Waals surface area contributed by atoms with Crippen molar-refractivity contribution in [1.29, 1.82) is 0 Å². The average molecular weight is 505 g/mol. The topological polar surface area (TPSA) is 101 Å². The van der Waals surface area contributed by atoms with Crippen molar-refractivity contribution in [3.63, 3.8) is 0 Å². The molecule has 1 aliphatic carbocycles. The molecule has 0 aromatic heterocycles. The third-order valence-electron chi connectivity index (χ3n) is 6.02. The molecule has 0 aliphatic heterocycles. The van der Waals surface area contributed by atoms with Gasteiger partial charge in [-0.2, -0.15) is 4.31 Å². The second-order valence-electron chi connectivity index (χ2n) is 8.07. The van der Waals surface area contributed by atoms with Crippen molar-refractivity contribution < 1.29 is 18.3 Å². The molecule has 0 amide bonds. The maximum absolute atomic E-state index is 13.7. The average Bonchev–Trinajstić information content (AvgIpc) is 2.72. The van der Waals surface area contributed by atoms with Gasteiger partial charge in [0, 0.05) is 10.0 Å². The number of nitrogen functional groups attached to an aromatic ring is 1. The molecule has 3 N–H and O–H groups in total. The Hall–Kier alpha value is -2.58. The van der Waals surface area contributed by atoms with Crippen LogP contribution < -0.4 is 5.73 Å². The second-order valence-corrected chi connectivity index (χ2v) is 10.8. The molecule has 172 valence electrons. The highest BCUT2D eigenvalue weighted by Gasteiger charge is 2.50. The molecule has 9 heteroatoms. The smallest absolute Gasteiger partial charge is 0.318 e. The van der Waals surface area contributed by atoms with Crippen LogP contribution in [0.15, 0.2) is 71.6 Å². The highest BCUT2D eigenvalue weighted by atomic mass is 35.5. The molecular formula is C24H22Cl2N2O4S. The van der Waals surface area contributed by atoms with E-state index in [1.807, 2.05) is 24.3 Å². The Morgan fingerprint density at radius 1 is 0.970 bits per heavy atom. The molecule has 0 saturated heterocycles. The van der Waals surface area contributed by atoms with E-state index in [0.717, 1.165) is 21.9 Å². The molecule has 33 heavy (non-hydrogen) atoms. The van der Waals surface area contributed by atoms with E-state index in [-0.39, 0.29) is 10.6 Å². The van der Waals surface area contributed by atoms with Crippen molar-refractivity contribution in [2.24, 2.45) is 0 Å². The van der Waals surface area contributed by atoms with Crippen LogP contribution in [-0.2, 0) is 20.4 Å². The van der Waals surface area contributed by atoms with Gasteiger partial charge in [-0.1, -0.05) is 53.5 Å². The van der Waals surface area contributed by atoms with E-state index in [9.17, 15) is 18.3 Å². The first-order valence-corrected chi connectivity index (χ1v) is 12.5. The summed E-state index contributed by atoms with van der Waals surface area (Å²) in [7, 11) is -4.20. The van der Waals surface area contributed by atoms with E-state index in [2.05, 4.69) is 0 Å². The first-order chi connectivity index (χ1) is 15.6. The summed E-state index contributed by atoms with van der Waals surface area (Å²) < 4.78 is 28.5. The molecule has 6 nitrogen and oxygen atoms in total. The van der Waals surface area contributed by atoms with Gasteiger partial charge in [0.15, 0.2) is 0 Å². The van der Waals surface area contributed by atoms with E-state index < -0.39 is 28.1 Å². The molecule has 1 fully saturated rings. The molecule has 0 spiro atoms. The molecule has 3 aromatic carbocycles. The number of rotatable bonds is 7. The zero-order chi connectivity index (χ0) is 23.8. The van der Waals surface area contributed by atoms with Gasteiger partial charge in [0.1, 0.15) is 11.4 Å². The number of hydrogen-bond acceptors (Lipinski definition) is 4. The van der Waals surface area contributed by atoms with E-state index >= 15 is 0 Å². The zero-order valence-corrected chi connectivity index (χ0v) is 19.9. The summed E-state index contributed by atoms with van der Waals surface area (Å²) in [4.78, 5) is 11.7. The zero-order valence-electron chi connectivity index (χ0n) is 17.5. The number of halogens is 2. The van der Waals surface area contributed by atoms with Crippen LogP contribution in [0.4, 0.5) is 5.69 Å². The Kier molecular flexibility index (Phi) is 6.42. The van der Waals surface area contributed by atoms with Gasteiger partial charge in [0.25, 0.3) is 0 Å². The summed E-state index contributed by atoms with van der Waals surface area (Å²) in [5, 5.41) is 10.6. The Bertz CT molecular complexity index is 1300. The number of nitrogens with zero attached hydrogens (tertiary/aromatic N) is 1. The van der Waals surface area contributed by atoms with Gasteiger partial charge in [0.2, 0.25) is 10.0 Å². The van der Waals surface area contributed by atoms with Crippen molar-refractivity contribution >= 4 is 44.9 Å². The number of hydrogen-bond donors (Lipinski definition) is 2. The van der Waals surface area contributed by atoms with E-state index in [1.54, 1.807) is 30.3 Å². The highest BCUT2D eigenvalue weighted by molar-refractivity contribution is 7.89. The highest BCUT2D eigenvalue weighted by Crippen LogP contribution is 2.49. The van der Waals surface area contributed by atoms with Crippen LogP contribution in [0.25, 0.3) is 11.1 Å². The summed E-state index contributed by atoms with van der Waals surface area (Å²) in [6, 6.07) is 18.7. The number of sulfonamides is 1. The minimum atomic E-state index is -4.20. The quantitative estimate of drug-likeness (QED) is 0.419. The minimum Gasteiger partial charge on any atom is -0.480 e. The van der Waals surface area contributed by atoms with Crippen molar-refractivity contribution in [3.05, 3.63) is 82.3 Å². The van der Waals surface area contributed by atoms with Crippen LogP contribution in [0.5, 0.6) is 0 Å². The van der Waals surface area contributed by atoms with Crippen LogP contribution in [0, 0.1) is 0 Å². The summed E-state index contributed by atoms with van der Waals surface area (Å²) in [5.74, 6) is -1.24. The lowest BCUT2D eigenvalue weighted by atomic mass is 9.71. The summed E-state index contributed by atoms with van der Waals surface area (Å²) in [6.07, 6.45) is 1.75. The summed E-state index contributed by atoms with van der Waals surface area (Å²) in [5.41, 5.74) is 7.33. The van der Waals surface area contributed by atoms with E-state index in [4.69, 9.17) is 28.9 Å². The first-order valence-electron chi connectivity index (χ1n) is 10.3. The van der Waals surface area contributed by atoms with Gasteiger partial charge in [-0.3, -0.25) is 4.79 Å². The Balaban J connectivity index is 1.85. The molecule has 1 saturated carbocycles. The predicted octanol–water partition coefficient (Wildman–Crippen LogP) is 5.40. The monoisotopic (exact) mass is 504 g/mol. The number of aliphatic carboxylic acids is 1. The fraction of sp³-hybridized carbons (Fsp3) is 0.208. The Labute approximate surface area is 202 Å². The fourth-order valence-electron chi connectivity index (χ4n) is 4.33. The molecule has 0 heterocycles. The van der Waals surface area contributed by atoms with Crippen LogP contribution >= 0.6 is 23.2 Å². The van der Waals surface area contributed by atoms with E-state index in [0.29, 0.717) is 28.5 Å². The van der Waals surface area contributed by atoms with Crippen LogP contribution in [0.3, 0.4) is 0 Å². The van der Waals surface area contributed by atoms with Crippen molar-refractivity contribution in [3.8, 4) is 11.1 Å². The maximum atomic E-state index is 13.7. The summed E-state index contributed by atoms with van der Waals surface area (Å²) in [6.45, 7) is -0.677. The van der Waals surface area contributed by atoms with Crippen molar-refractivity contribution in [2.75, 3.05) is 12.3 Å². The van der Waals surface area contributed by atoms with Crippen molar-refractivity contribution in [1.82, 2.24) is 4.31 Å². The van der Waals surface area contributed by atoms with Gasteiger partial charge >= 0.3 is 5.97 Å². The molecule has 0 atom stereocenters. The van der Waals surface area contributed by atoms with Crippen LogP contribution in [0.2, 0.25) is 10.0 Å². The molecule has 3 aromatic rings. The lowest BCUT2D eigenvalue weighted by molar-refractivity contribution is -0.139. The SMILES string of the molecule is Nc1ccccc1S(=O)(=O)N(CC(=O)O)C1(c2cccc(-c3cc(Cl)cc(Cl)c3)c2)CCC1. The maximum Gasteiger partial charge on any atom is 0.318 e. The number of para-hydroxylation sites is 1. The van der Waals surface area contributed by atoms with Crippen LogP contribution in [0.1, 0.15) is 24.8 Å². The number of carboxylic acid groups (broad SMARTS) is 1. The normalized spacial score (nSPS) is 15.2. The van der Waals surface area contributed by atoms with Gasteiger partial charge in [0.05, 0.1) is 11.2 Å². The molecular weight excluding hydrogens is 483 g/mol. The lowest BCUT2D eigenvalue weighted by Gasteiger charge is -2.49.